The van der Waals surface area contributed by atoms with Crippen molar-refractivity contribution in [3.05, 3.63) is 41.2 Å². The minimum atomic E-state index is -0.331. The van der Waals surface area contributed by atoms with Gasteiger partial charge in [-0.05, 0) is 55.4 Å². The minimum absolute atomic E-state index is 0.185. The summed E-state index contributed by atoms with van der Waals surface area (Å²) < 4.78 is 25.0. The number of benzene rings is 1. The van der Waals surface area contributed by atoms with E-state index >= 15 is 0 Å². The summed E-state index contributed by atoms with van der Waals surface area (Å²) in [5.74, 6) is 1.47. The molecule has 3 aliphatic rings. The van der Waals surface area contributed by atoms with Gasteiger partial charge >= 0.3 is 0 Å². The highest BCUT2D eigenvalue weighted by Crippen LogP contribution is 2.39. The number of hydrogen-bond donors (Lipinski definition) is 1. The van der Waals surface area contributed by atoms with Gasteiger partial charge in [0.15, 0.2) is 5.82 Å². The topological polar surface area (TPSA) is 83.3 Å². The van der Waals surface area contributed by atoms with Crippen LogP contribution in [-0.4, -0.2) is 66.7 Å². The van der Waals surface area contributed by atoms with E-state index < -0.39 is 0 Å². The Labute approximate surface area is 187 Å². The van der Waals surface area contributed by atoms with Gasteiger partial charge in [0.25, 0.3) is 0 Å². The van der Waals surface area contributed by atoms with Crippen molar-refractivity contribution in [1.29, 1.82) is 5.26 Å². The summed E-state index contributed by atoms with van der Waals surface area (Å²) in [4.78, 5) is 2.50. The van der Waals surface area contributed by atoms with Gasteiger partial charge in [0, 0.05) is 31.2 Å². The molecule has 32 heavy (non-hydrogen) atoms. The van der Waals surface area contributed by atoms with Crippen LogP contribution in [0.2, 0.25) is 0 Å². The van der Waals surface area contributed by atoms with Crippen LogP contribution in [-0.2, 0) is 9.47 Å². The first kappa shape index (κ1) is 21.3. The summed E-state index contributed by atoms with van der Waals surface area (Å²) in [7, 11) is 0. The Kier molecular flexibility index (Phi) is 6.05. The Morgan fingerprint density at radius 1 is 1.19 bits per heavy atom. The number of aryl methyl sites for hydroxylation is 1. The standard InChI is InChI=1S/C24H28FN5O2/c1-15-2-3-19(25)9-22(15)23-8-16(10-26)24(29-28-23)27-20-6-17-11-30(12-18(17)7-20)13-21-14-31-4-5-32-21/h2-3,8-9,17-18,20-21H,4-7,11-14H2,1H3,(H,27,29)/t17-,18+,20+,21-/m1/s1. The van der Waals surface area contributed by atoms with Crippen molar-refractivity contribution in [3.63, 3.8) is 0 Å². The maximum atomic E-state index is 13.7. The van der Waals surface area contributed by atoms with Crippen molar-refractivity contribution >= 4 is 5.82 Å². The Balaban J connectivity index is 1.21. The number of nitrogens with one attached hydrogen (secondary N) is 1. The molecule has 0 amide bonds. The van der Waals surface area contributed by atoms with Crippen molar-refractivity contribution < 1.29 is 13.9 Å². The van der Waals surface area contributed by atoms with E-state index in [9.17, 15) is 9.65 Å². The number of rotatable bonds is 5. The third-order valence-electron chi connectivity index (χ3n) is 6.90. The quantitative estimate of drug-likeness (QED) is 0.770. The van der Waals surface area contributed by atoms with Gasteiger partial charge in [0.05, 0.1) is 37.2 Å². The summed E-state index contributed by atoms with van der Waals surface area (Å²) in [5.41, 5.74) is 2.50. The number of aromatic nitrogens is 2. The highest BCUT2D eigenvalue weighted by Gasteiger charge is 2.41. The van der Waals surface area contributed by atoms with Crippen molar-refractivity contribution in [2.75, 3.05) is 44.8 Å². The van der Waals surface area contributed by atoms with E-state index in [2.05, 4.69) is 26.5 Å². The van der Waals surface area contributed by atoms with Crippen LogP contribution in [0.1, 0.15) is 24.0 Å². The van der Waals surface area contributed by atoms with Crippen molar-refractivity contribution in [3.8, 4) is 17.3 Å². The predicted octanol–water partition coefficient (Wildman–Crippen LogP) is 3.00. The summed E-state index contributed by atoms with van der Waals surface area (Å²) in [6.45, 7) is 7.08. The van der Waals surface area contributed by atoms with Gasteiger partial charge in [0.1, 0.15) is 11.9 Å². The van der Waals surface area contributed by atoms with Crippen LogP contribution in [0, 0.1) is 35.9 Å². The molecule has 1 aliphatic carbocycles. The van der Waals surface area contributed by atoms with Crippen LogP contribution < -0.4 is 5.32 Å². The highest BCUT2D eigenvalue weighted by atomic mass is 19.1. The second kappa shape index (κ2) is 9.10. The van der Waals surface area contributed by atoms with Gasteiger partial charge in [0.2, 0.25) is 0 Å². The van der Waals surface area contributed by atoms with E-state index in [0.717, 1.165) is 38.0 Å². The molecule has 0 unspecified atom stereocenters. The van der Waals surface area contributed by atoms with E-state index in [-0.39, 0.29) is 18.0 Å². The van der Waals surface area contributed by atoms with Gasteiger partial charge in [-0.25, -0.2) is 4.39 Å². The zero-order valence-electron chi connectivity index (χ0n) is 18.3. The number of likely N-dealkylation sites (tertiary alicyclic amines) is 1. The van der Waals surface area contributed by atoms with Crippen molar-refractivity contribution in [1.82, 2.24) is 15.1 Å². The first-order valence-corrected chi connectivity index (χ1v) is 11.3. The van der Waals surface area contributed by atoms with Gasteiger partial charge in [-0.1, -0.05) is 6.07 Å². The fourth-order valence-electron chi connectivity index (χ4n) is 5.37. The molecule has 168 valence electrons. The highest BCUT2D eigenvalue weighted by molar-refractivity contribution is 5.67. The first-order chi connectivity index (χ1) is 15.6. The number of ether oxygens (including phenoxy) is 2. The zero-order chi connectivity index (χ0) is 22.1. The molecule has 5 rings (SSSR count). The van der Waals surface area contributed by atoms with Crippen LogP contribution in [0.3, 0.4) is 0 Å². The lowest BCUT2D eigenvalue weighted by Gasteiger charge is -2.28. The summed E-state index contributed by atoms with van der Waals surface area (Å²) in [5, 5.41) is 21.7. The largest absolute Gasteiger partial charge is 0.376 e. The molecule has 3 heterocycles. The van der Waals surface area contributed by atoms with E-state index in [4.69, 9.17) is 9.47 Å². The van der Waals surface area contributed by atoms with Crippen LogP contribution in [0.4, 0.5) is 10.2 Å². The van der Waals surface area contributed by atoms with Crippen LogP contribution >= 0.6 is 0 Å². The lowest BCUT2D eigenvalue weighted by molar-refractivity contribution is -0.0964. The molecule has 1 saturated carbocycles. The molecule has 0 spiro atoms. The van der Waals surface area contributed by atoms with E-state index in [1.165, 1.54) is 12.1 Å². The van der Waals surface area contributed by atoms with Gasteiger partial charge in [-0.15, -0.1) is 10.2 Å². The molecule has 4 atom stereocenters. The fraction of sp³-hybridized carbons (Fsp3) is 0.542. The Morgan fingerprint density at radius 3 is 2.72 bits per heavy atom. The molecule has 2 saturated heterocycles. The number of fused-ring (bicyclic) bond motifs is 1. The van der Waals surface area contributed by atoms with E-state index in [1.807, 2.05) is 6.92 Å². The van der Waals surface area contributed by atoms with Crippen molar-refractivity contribution in [2.24, 2.45) is 11.8 Å². The molecule has 2 aliphatic heterocycles. The van der Waals surface area contributed by atoms with E-state index in [1.54, 1.807) is 12.1 Å². The van der Waals surface area contributed by atoms with Gasteiger partial charge in [-0.2, -0.15) is 5.26 Å². The second-order valence-corrected chi connectivity index (χ2v) is 9.18. The van der Waals surface area contributed by atoms with Crippen LogP contribution in [0.5, 0.6) is 0 Å². The third kappa shape index (κ3) is 4.46. The molecule has 1 N–H and O–H groups in total. The zero-order valence-corrected chi connectivity index (χ0v) is 18.3. The van der Waals surface area contributed by atoms with Crippen LogP contribution in [0.25, 0.3) is 11.3 Å². The molecule has 1 aromatic heterocycles. The molecular weight excluding hydrogens is 409 g/mol. The predicted molar refractivity (Wildman–Crippen MR) is 118 cm³/mol. The number of anilines is 1. The van der Waals surface area contributed by atoms with Crippen LogP contribution in [0.15, 0.2) is 24.3 Å². The third-order valence-corrected chi connectivity index (χ3v) is 6.90. The molecule has 1 aromatic carbocycles. The smallest absolute Gasteiger partial charge is 0.166 e. The summed E-state index contributed by atoms with van der Waals surface area (Å²) >= 11 is 0. The average molecular weight is 438 g/mol. The molecule has 0 bridgehead atoms. The Bertz CT molecular complexity index is 1010. The first-order valence-electron chi connectivity index (χ1n) is 11.3. The molecular formula is C24H28FN5O2. The maximum absolute atomic E-state index is 13.7. The maximum Gasteiger partial charge on any atom is 0.166 e. The van der Waals surface area contributed by atoms with E-state index in [0.29, 0.717) is 54.3 Å². The molecule has 7 nitrogen and oxygen atoms in total. The molecule has 8 heteroatoms. The number of nitrogens with zero attached hydrogens (tertiary/aromatic N) is 4. The summed E-state index contributed by atoms with van der Waals surface area (Å²) in [6.07, 6.45) is 2.30. The summed E-state index contributed by atoms with van der Waals surface area (Å²) in [6, 6.07) is 8.76. The average Bonchev–Trinajstić information content (AvgIpc) is 3.34. The number of nitriles is 1. The molecule has 3 fully saturated rings. The molecule has 2 aromatic rings. The minimum Gasteiger partial charge on any atom is -0.376 e. The normalized spacial score (nSPS) is 27.8. The molecule has 0 radical (unpaired) electrons. The monoisotopic (exact) mass is 437 g/mol. The number of halogens is 1. The fourth-order valence-corrected chi connectivity index (χ4v) is 5.37. The Morgan fingerprint density at radius 2 is 2.00 bits per heavy atom. The number of hydrogen-bond acceptors (Lipinski definition) is 7. The lowest BCUT2D eigenvalue weighted by atomic mass is 10.0. The second-order valence-electron chi connectivity index (χ2n) is 9.18. The van der Waals surface area contributed by atoms with Gasteiger partial charge in [-0.3, -0.25) is 0 Å². The lowest BCUT2D eigenvalue weighted by Crippen LogP contribution is -2.39. The Hall–Kier alpha value is -2.60. The van der Waals surface area contributed by atoms with Gasteiger partial charge < -0.3 is 19.7 Å². The van der Waals surface area contributed by atoms with Crippen molar-refractivity contribution in [2.45, 2.75) is 31.9 Å². The SMILES string of the molecule is Cc1ccc(F)cc1-c1cc(C#N)c(N[C@H]2C[C@@H]3CN(C[C@@H]4COCCO4)C[C@@H]3C2)nn1.